The van der Waals surface area contributed by atoms with Gasteiger partial charge in [-0.3, -0.25) is 14.3 Å². The molecule has 2 aromatic heterocycles. The molecule has 2 heterocycles. The van der Waals surface area contributed by atoms with Crippen molar-refractivity contribution in [3.05, 3.63) is 83.1 Å². The van der Waals surface area contributed by atoms with Crippen LogP contribution in [0.25, 0.3) is 11.1 Å². The number of para-hydroxylation sites is 2. The molecule has 28 heavy (non-hydrogen) atoms. The van der Waals surface area contributed by atoms with Crippen LogP contribution in [0.15, 0.2) is 81.0 Å². The first-order valence-electron chi connectivity index (χ1n) is 8.29. The number of nitrogens with one attached hydrogen (secondary N) is 1. The van der Waals surface area contributed by atoms with Gasteiger partial charge in [0.15, 0.2) is 5.58 Å². The maximum Gasteiger partial charge on any atom is 0.417 e. The highest BCUT2D eigenvalue weighted by atomic mass is 32.2. The third-order valence-electron chi connectivity index (χ3n) is 4.16. The lowest BCUT2D eigenvalue weighted by atomic mass is 10.3. The fourth-order valence-corrected chi connectivity index (χ4v) is 4.29. The van der Waals surface area contributed by atoms with Gasteiger partial charge in [0.05, 0.1) is 28.3 Å². The number of hydrogen-bond donors (Lipinski definition) is 2. The fourth-order valence-electron chi connectivity index (χ4n) is 2.83. The minimum atomic E-state index is -4.10. The van der Waals surface area contributed by atoms with Gasteiger partial charge in [-0.25, -0.2) is 13.2 Å². The van der Waals surface area contributed by atoms with Crippen LogP contribution in [0.2, 0.25) is 0 Å². The van der Waals surface area contributed by atoms with Gasteiger partial charge >= 0.3 is 5.76 Å². The largest absolute Gasteiger partial charge is 0.506 e. The molecule has 0 unspecified atom stereocenters. The fraction of sp³-hybridized carbons (Fsp3) is 0.0526. The van der Waals surface area contributed by atoms with Gasteiger partial charge in [0.2, 0.25) is 0 Å². The van der Waals surface area contributed by atoms with Gasteiger partial charge in [0.25, 0.3) is 10.0 Å². The molecular formula is C19H15N3O5S. The number of nitrogens with zero attached hydrogens (tertiary/aromatic N) is 2. The predicted molar refractivity (Wildman–Crippen MR) is 103 cm³/mol. The van der Waals surface area contributed by atoms with Crippen molar-refractivity contribution in [1.82, 2.24) is 9.97 Å². The molecule has 0 aliphatic heterocycles. The quantitative estimate of drug-likeness (QED) is 0.535. The van der Waals surface area contributed by atoms with E-state index in [0.29, 0.717) is 11.2 Å². The maximum absolute atomic E-state index is 13.4. The minimum Gasteiger partial charge on any atom is -0.506 e. The summed E-state index contributed by atoms with van der Waals surface area (Å²) in [6.07, 6.45) is 1.56. The van der Waals surface area contributed by atoms with Crippen molar-refractivity contribution in [2.24, 2.45) is 0 Å². The van der Waals surface area contributed by atoms with Gasteiger partial charge in [0, 0.05) is 12.3 Å². The van der Waals surface area contributed by atoms with Crippen molar-refractivity contribution < 1.29 is 17.9 Å². The molecule has 0 aliphatic rings. The summed E-state index contributed by atoms with van der Waals surface area (Å²) in [7, 11) is -4.10. The van der Waals surface area contributed by atoms with Gasteiger partial charge in [-0.15, -0.1) is 0 Å². The van der Waals surface area contributed by atoms with E-state index in [0.717, 1.165) is 4.31 Å². The Hall–Kier alpha value is -3.59. The summed E-state index contributed by atoms with van der Waals surface area (Å²) in [5.41, 5.74) is 1.14. The van der Waals surface area contributed by atoms with Crippen LogP contribution in [0.5, 0.6) is 5.75 Å². The molecule has 0 amide bonds. The standard InChI is InChI=1S/C19H15N3O5S/c23-17-7-2-1-6-16(17)22(12-13-5-3-4-10-20-13)28(25,26)14-8-9-15-18(11-14)27-19(24)21-15/h1-11,23H,12H2,(H,21,24). The summed E-state index contributed by atoms with van der Waals surface area (Å²) < 4.78 is 32.8. The predicted octanol–water partition coefficient (Wildman–Crippen LogP) is 2.62. The number of phenols is 1. The molecule has 0 atom stereocenters. The van der Waals surface area contributed by atoms with E-state index >= 15 is 0 Å². The zero-order chi connectivity index (χ0) is 19.7. The first-order valence-corrected chi connectivity index (χ1v) is 9.73. The molecule has 4 aromatic rings. The Bertz CT molecular complexity index is 1300. The number of H-pyrrole nitrogens is 1. The summed E-state index contributed by atoms with van der Waals surface area (Å²) in [5, 5.41) is 10.3. The molecule has 2 N–H and O–H groups in total. The number of rotatable bonds is 5. The van der Waals surface area contributed by atoms with Crippen molar-refractivity contribution in [2.75, 3.05) is 4.31 Å². The Balaban J connectivity index is 1.85. The second-order valence-corrected chi connectivity index (χ2v) is 7.86. The average Bonchev–Trinajstić information content (AvgIpc) is 3.07. The average molecular weight is 397 g/mol. The van der Waals surface area contributed by atoms with Crippen LogP contribution in [0.3, 0.4) is 0 Å². The van der Waals surface area contributed by atoms with Crippen LogP contribution in [0.1, 0.15) is 5.69 Å². The highest BCUT2D eigenvalue weighted by molar-refractivity contribution is 7.92. The summed E-state index contributed by atoms with van der Waals surface area (Å²) in [4.78, 5) is 17.9. The van der Waals surface area contributed by atoms with E-state index in [9.17, 15) is 18.3 Å². The third-order valence-corrected chi connectivity index (χ3v) is 5.92. The molecule has 0 saturated carbocycles. The van der Waals surface area contributed by atoms with Gasteiger partial charge in [-0.1, -0.05) is 18.2 Å². The lowest BCUT2D eigenvalue weighted by Crippen LogP contribution is -2.31. The van der Waals surface area contributed by atoms with Crippen LogP contribution in [0, 0.1) is 0 Å². The maximum atomic E-state index is 13.4. The lowest BCUT2D eigenvalue weighted by Gasteiger charge is -2.25. The number of fused-ring (bicyclic) bond motifs is 1. The number of hydrogen-bond acceptors (Lipinski definition) is 6. The zero-order valence-corrected chi connectivity index (χ0v) is 15.3. The van der Waals surface area contributed by atoms with Crippen molar-refractivity contribution in [1.29, 1.82) is 0 Å². The third kappa shape index (κ3) is 3.23. The molecule has 8 nitrogen and oxygen atoms in total. The number of aromatic nitrogens is 2. The van der Waals surface area contributed by atoms with Gasteiger partial charge in [0.1, 0.15) is 5.75 Å². The lowest BCUT2D eigenvalue weighted by molar-refractivity contribution is 0.475. The molecule has 0 bridgehead atoms. The summed E-state index contributed by atoms with van der Waals surface area (Å²) in [6.45, 7) is -0.0874. The van der Waals surface area contributed by atoms with Crippen LogP contribution in [0.4, 0.5) is 5.69 Å². The van der Waals surface area contributed by atoms with E-state index in [1.165, 1.54) is 30.3 Å². The smallest absolute Gasteiger partial charge is 0.417 e. The normalized spacial score (nSPS) is 11.6. The first-order chi connectivity index (χ1) is 13.4. The first kappa shape index (κ1) is 17.8. The second kappa shape index (κ2) is 6.86. The van der Waals surface area contributed by atoms with Crippen molar-refractivity contribution >= 4 is 26.8 Å². The van der Waals surface area contributed by atoms with Gasteiger partial charge < -0.3 is 9.52 Å². The molecule has 4 rings (SSSR count). The Morgan fingerprint density at radius 2 is 1.86 bits per heavy atom. The SMILES string of the molecule is O=c1[nH]c2ccc(S(=O)(=O)N(Cc3ccccn3)c3ccccc3O)cc2o1. The zero-order valence-electron chi connectivity index (χ0n) is 14.4. The van der Waals surface area contributed by atoms with Gasteiger partial charge in [-0.2, -0.15) is 0 Å². The summed E-state index contributed by atoms with van der Waals surface area (Å²) >= 11 is 0. The Labute approximate surface area is 159 Å². The summed E-state index contributed by atoms with van der Waals surface area (Å²) in [6, 6.07) is 15.4. The van der Waals surface area contributed by atoms with E-state index < -0.39 is 15.8 Å². The number of benzene rings is 2. The number of anilines is 1. The van der Waals surface area contributed by atoms with Crippen LogP contribution < -0.4 is 10.1 Å². The topological polar surface area (TPSA) is 116 Å². The molecule has 142 valence electrons. The number of aromatic amines is 1. The van der Waals surface area contributed by atoms with Gasteiger partial charge in [-0.05, 0) is 36.4 Å². The van der Waals surface area contributed by atoms with E-state index in [-0.39, 0.29) is 28.5 Å². The molecule has 9 heteroatoms. The molecule has 2 aromatic carbocycles. The molecule has 0 saturated heterocycles. The van der Waals surface area contributed by atoms with Crippen molar-refractivity contribution in [2.45, 2.75) is 11.4 Å². The van der Waals surface area contributed by atoms with E-state index in [4.69, 9.17) is 4.42 Å². The van der Waals surface area contributed by atoms with Crippen molar-refractivity contribution in [3.8, 4) is 5.75 Å². The summed E-state index contributed by atoms with van der Waals surface area (Å²) in [5.74, 6) is -0.855. The monoisotopic (exact) mass is 397 g/mol. The van der Waals surface area contributed by atoms with Crippen LogP contribution in [-0.2, 0) is 16.6 Å². The Morgan fingerprint density at radius 1 is 1.07 bits per heavy atom. The molecule has 0 aliphatic carbocycles. The number of pyridine rings is 1. The highest BCUT2D eigenvalue weighted by Gasteiger charge is 2.28. The second-order valence-electron chi connectivity index (χ2n) is 5.99. The van der Waals surface area contributed by atoms with E-state index in [1.807, 2.05) is 0 Å². The molecule has 0 fully saturated rings. The number of sulfonamides is 1. The van der Waals surface area contributed by atoms with E-state index in [1.54, 1.807) is 36.5 Å². The Kier molecular flexibility index (Phi) is 4.36. The molecular weight excluding hydrogens is 382 g/mol. The molecule has 0 radical (unpaired) electrons. The number of aromatic hydroxyl groups is 1. The minimum absolute atomic E-state index is 0.0815. The molecule has 0 spiro atoms. The Morgan fingerprint density at radius 3 is 2.61 bits per heavy atom. The highest BCUT2D eigenvalue weighted by Crippen LogP contribution is 2.33. The van der Waals surface area contributed by atoms with Crippen LogP contribution in [-0.4, -0.2) is 23.5 Å². The number of phenolic OH excluding ortho intramolecular Hbond substituents is 1. The van der Waals surface area contributed by atoms with Crippen molar-refractivity contribution in [3.63, 3.8) is 0 Å². The number of oxazole rings is 1. The van der Waals surface area contributed by atoms with Crippen LogP contribution >= 0.6 is 0 Å². The van der Waals surface area contributed by atoms with E-state index in [2.05, 4.69) is 9.97 Å².